The Morgan fingerprint density at radius 2 is 2.30 bits per heavy atom. The van der Waals surface area contributed by atoms with Gasteiger partial charge >= 0.3 is 0 Å². The molecule has 1 aromatic heterocycles. The largest absolute Gasteiger partial charge is 0.482 e. The van der Waals surface area contributed by atoms with Gasteiger partial charge in [0, 0.05) is 31.2 Å². The van der Waals surface area contributed by atoms with Crippen LogP contribution in [0.4, 0.5) is 0 Å². The normalized spacial score (nSPS) is 15.8. The highest BCUT2D eigenvalue weighted by atomic mass is 16.5. The van der Waals surface area contributed by atoms with Gasteiger partial charge in [0.15, 0.2) is 6.61 Å². The van der Waals surface area contributed by atoms with Gasteiger partial charge in [-0.1, -0.05) is 6.92 Å². The molecule has 1 aromatic rings. The van der Waals surface area contributed by atoms with Crippen molar-refractivity contribution >= 4 is 5.91 Å². The summed E-state index contributed by atoms with van der Waals surface area (Å²) in [6.07, 6.45) is 5.57. The molecule has 20 heavy (non-hydrogen) atoms. The Balaban J connectivity index is 1.79. The van der Waals surface area contributed by atoms with E-state index in [1.54, 1.807) is 11.1 Å². The second-order valence-corrected chi connectivity index (χ2v) is 5.38. The molecule has 1 saturated carbocycles. The summed E-state index contributed by atoms with van der Waals surface area (Å²) >= 11 is 0. The first-order chi connectivity index (χ1) is 9.60. The Bertz CT molecular complexity index is 443. The third kappa shape index (κ3) is 4.20. The Labute approximate surface area is 120 Å². The third-order valence-corrected chi connectivity index (χ3v) is 3.64. The van der Waals surface area contributed by atoms with Crippen LogP contribution >= 0.6 is 0 Å². The lowest BCUT2D eigenvalue weighted by molar-refractivity contribution is -0.132. The lowest BCUT2D eigenvalue weighted by Crippen LogP contribution is -2.33. The Morgan fingerprint density at radius 3 is 2.85 bits per heavy atom. The molecule has 0 aliphatic heterocycles. The average molecular weight is 277 g/mol. The minimum atomic E-state index is 0.0181. The van der Waals surface area contributed by atoms with Gasteiger partial charge in [-0.3, -0.25) is 9.78 Å². The molecule has 1 amide bonds. The SMILES string of the molecule is CCC(N)Cc1ccc(OCC(=O)N(C)C2CC2)cn1. The number of hydrogen-bond acceptors (Lipinski definition) is 4. The second-order valence-electron chi connectivity index (χ2n) is 5.38. The fraction of sp³-hybridized carbons (Fsp3) is 0.600. The number of likely N-dealkylation sites (N-methyl/N-ethyl adjacent to an activating group) is 1. The number of amides is 1. The monoisotopic (exact) mass is 277 g/mol. The first-order valence-electron chi connectivity index (χ1n) is 7.19. The van der Waals surface area contributed by atoms with Crippen LogP contribution in [0.3, 0.4) is 0 Å². The highest BCUT2D eigenvalue weighted by molar-refractivity contribution is 5.78. The van der Waals surface area contributed by atoms with Crippen molar-refractivity contribution < 1.29 is 9.53 Å². The molecular weight excluding hydrogens is 254 g/mol. The number of carbonyl (C=O) groups excluding carboxylic acids is 1. The molecule has 5 heteroatoms. The van der Waals surface area contributed by atoms with Gasteiger partial charge < -0.3 is 15.4 Å². The van der Waals surface area contributed by atoms with E-state index < -0.39 is 0 Å². The van der Waals surface area contributed by atoms with Gasteiger partial charge in [0.25, 0.3) is 5.91 Å². The van der Waals surface area contributed by atoms with E-state index >= 15 is 0 Å². The predicted octanol–water partition coefficient (Wildman–Crippen LogP) is 1.36. The van der Waals surface area contributed by atoms with Crippen LogP contribution in [0, 0.1) is 0 Å². The third-order valence-electron chi connectivity index (χ3n) is 3.64. The van der Waals surface area contributed by atoms with Crippen molar-refractivity contribution in [3.8, 4) is 5.75 Å². The number of carbonyl (C=O) groups is 1. The topological polar surface area (TPSA) is 68.5 Å². The van der Waals surface area contributed by atoms with Crippen LogP contribution in [0.1, 0.15) is 31.9 Å². The van der Waals surface area contributed by atoms with Crippen molar-refractivity contribution in [1.82, 2.24) is 9.88 Å². The van der Waals surface area contributed by atoms with Crippen LogP contribution in [0.15, 0.2) is 18.3 Å². The number of pyridine rings is 1. The second kappa shape index (κ2) is 6.70. The molecule has 1 aliphatic rings. The number of nitrogens with zero attached hydrogens (tertiary/aromatic N) is 2. The smallest absolute Gasteiger partial charge is 0.260 e. The van der Waals surface area contributed by atoms with Gasteiger partial charge in [-0.25, -0.2) is 0 Å². The van der Waals surface area contributed by atoms with E-state index in [-0.39, 0.29) is 18.6 Å². The van der Waals surface area contributed by atoms with E-state index in [0.717, 1.165) is 31.4 Å². The zero-order valence-electron chi connectivity index (χ0n) is 12.2. The van der Waals surface area contributed by atoms with Crippen molar-refractivity contribution in [2.24, 2.45) is 5.73 Å². The van der Waals surface area contributed by atoms with Gasteiger partial charge in [-0.15, -0.1) is 0 Å². The summed E-state index contributed by atoms with van der Waals surface area (Å²) in [5.41, 5.74) is 6.84. The summed E-state index contributed by atoms with van der Waals surface area (Å²) in [5, 5.41) is 0. The molecule has 0 saturated heterocycles. The summed E-state index contributed by atoms with van der Waals surface area (Å²) in [5.74, 6) is 0.640. The molecule has 1 aliphatic carbocycles. The number of nitrogens with two attached hydrogens (primary N) is 1. The molecule has 0 spiro atoms. The molecule has 1 atom stereocenters. The van der Waals surface area contributed by atoms with Crippen LogP contribution in [0.2, 0.25) is 0 Å². The molecule has 110 valence electrons. The standard InChI is InChI=1S/C15H23N3O2/c1-3-11(16)8-12-4-7-14(9-17-12)20-10-15(19)18(2)13-5-6-13/h4,7,9,11,13H,3,5-6,8,10,16H2,1-2H3. The fourth-order valence-corrected chi connectivity index (χ4v) is 1.94. The molecule has 5 nitrogen and oxygen atoms in total. The molecular formula is C15H23N3O2. The van der Waals surface area contributed by atoms with Crippen molar-refractivity contribution in [3.63, 3.8) is 0 Å². The predicted molar refractivity (Wildman–Crippen MR) is 77.5 cm³/mol. The van der Waals surface area contributed by atoms with Crippen molar-refractivity contribution in [2.45, 2.75) is 44.7 Å². The van der Waals surface area contributed by atoms with Gasteiger partial charge in [0.05, 0.1) is 6.20 Å². The van der Waals surface area contributed by atoms with Crippen LogP contribution in [0.5, 0.6) is 5.75 Å². The summed E-state index contributed by atoms with van der Waals surface area (Å²) in [4.78, 5) is 17.9. The zero-order chi connectivity index (χ0) is 14.5. The minimum Gasteiger partial charge on any atom is -0.482 e. The van der Waals surface area contributed by atoms with E-state index in [4.69, 9.17) is 10.5 Å². The lowest BCUT2D eigenvalue weighted by atomic mass is 10.1. The summed E-state index contributed by atoms with van der Waals surface area (Å²) in [7, 11) is 1.83. The molecule has 2 N–H and O–H groups in total. The van der Waals surface area contributed by atoms with Gasteiger partial charge in [-0.05, 0) is 31.4 Å². The molecule has 0 radical (unpaired) electrons. The molecule has 1 fully saturated rings. The van der Waals surface area contributed by atoms with Crippen LogP contribution in [-0.2, 0) is 11.2 Å². The number of rotatable bonds is 7. The van der Waals surface area contributed by atoms with Crippen molar-refractivity contribution in [2.75, 3.05) is 13.7 Å². The van der Waals surface area contributed by atoms with E-state index in [1.165, 1.54) is 0 Å². The first kappa shape index (κ1) is 14.8. The summed E-state index contributed by atoms with van der Waals surface area (Å²) < 4.78 is 5.47. The number of aromatic nitrogens is 1. The van der Waals surface area contributed by atoms with E-state index in [1.807, 2.05) is 19.2 Å². The number of hydrogen-bond donors (Lipinski definition) is 1. The minimum absolute atomic E-state index is 0.0181. The Kier molecular flexibility index (Phi) is 4.95. The maximum Gasteiger partial charge on any atom is 0.260 e. The molecule has 1 heterocycles. The van der Waals surface area contributed by atoms with Crippen molar-refractivity contribution in [1.29, 1.82) is 0 Å². The average Bonchev–Trinajstić information content (AvgIpc) is 3.29. The van der Waals surface area contributed by atoms with E-state index in [9.17, 15) is 4.79 Å². The van der Waals surface area contributed by atoms with Crippen LogP contribution < -0.4 is 10.5 Å². The molecule has 1 unspecified atom stereocenters. The van der Waals surface area contributed by atoms with E-state index in [0.29, 0.717) is 11.8 Å². The van der Waals surface area contributed by atoms with E-state index in [2.05, 4.69) is 11.9 Å². The Hall–Kier alpha value is -1.62. The summed E-state index contributed by atoms with van der Waals surface area (Å²) in [6.45, 7) is 2.13. The Morgan fingerprint density at radius 1 is 1.55 bits per heavy atom. The molecule has 0 aromatic carbocycles. The van der Waals surface area contributed by atoms with Crippen molar-refractivity contribution in [3.05, 3.63) is 24.0 Å². The summed E-state index contributed by atoms with van der Waals surface area (Å²) in [6, 6.07) is 4.31. The van der Waals surface area contributed by atoms with Gasteiger partial charge in [0.1, 0.15) is 5.75 Å². The highest BCUT2D eigenvalue weighted by Crippen LogP contribution is 2.25. The molecule has 0 bridgehead atoms. The van der Waals surface area contributed by atoms with Gasteiger partial charge in [-0.2, -0.15) is 0 Å². The fourth-order valence-electron chi connectivity index (χ4n) is 1.94. The maximum absolute atomic E-state index is 11.8. The highest BCUT2D eigenvalue weighted by Gasteiger charge is 2.29. The zero-order valence-corrected chi connectivity index (χ0v) is 12.2. The van der Waals surface area contributed by atoms with Crippen LogP contribution in [-0.4, -0.2) is 41.5 Å². The van der Waals surface area contributed by atoms with Crippen LogP contribution in [0.25, 0.3) is 0 Å². The lowest BCUT2D eigenvalue weighted by Gasteiger charge is -2.16. The number of ether oxygens (including phenoxy) is 1. The first-order valence-corrected chi connectivity index (χ1v) is 7.19. The van der Waals surface area contributed by atoms with Gasteiger partial charge in [0.2, 0.25) is 0 Å². The molecule has 2 rings (SSSR count). The quantitative estimate of drug-likeness (QED) is 0.817. The maximum atomic E-state index is 11.8.